The van der Waals surface area contributed by atoms with Crippen molar-refractivity contribution in [2.24, 2.45) is 0 Å². The van der Waals surface area contributed by atoms with Crippen LogP contribution in [-0.2, 0) is 10.0 Å². The van der Waals surface area contributed by atoms with Gasteiger partial charge in [0.05, 0.1) is 16.4 Å². The number of aromatic nitrogens is 3. The highest BCUT2D eigenvalue weighted by atomic mass is 35.5. The van der Waals surface area contributed by atoms with Gasteiger partial charge in [0.15, 0.2) is 5.69 Å². The van der Waals surface area contributed by atoms with Crippen LogP contribution in [0.3, 0.4) is 0 Å². The molecule has 0 aliphatic carbocycles. The molecule has 0 fully saturated rings. The number of benzene rings is 2. The van der Waals surface area contributed by atoms with E-state index in [0.717, 1.165) is 11.3 Å². The Kier molecular flexibility index (Phi) is 6.78. The fourth-order valence-corrected chi connectivity index (χ4v) is 5.17. The van der Waals surface area contributed by atoms with E-state index >= 15 is 0 Å². The number of carbonyl (C=O) groups excluding carboxylic acids is 1. The van der Waals surface area contributed by atoms with E-state index < -0.39 is 15.9 Å². The molecule has 0 bridgehead atoms. The van der Waals surface area contributed by atoms with E-state index in [0.29, 0.717) is 24.5 Å². The number of rotatable bonds is 7. The summed E-state index contributed by atoms with van der Waals surface area (Å²) in [6, 6.07) is 12.0. The van der Waals surface area contributed by atoms with Crippen molar-refractivity contribution >= 4 is 33.2 Å². The molecule has 1 N–H and O–H groups in total. The molecular formula is C21H24ClN5O3S. The van der Waals surface area contributed by atoms with Gasteiger partial charge in [-0.3, -0.25) is 4.79 Å². The highest BCUT2D eigenvalue weighted by Crippen LogP contribution is 2.28. The first-order valence-electron chi connectivity index (χ1n) is 9.79. The Morgan fingerprint density at radius 2 is 1.84 bits per heavy atom. The summed E-state index contributed by atoms with van der Waals surface area (Å²) in [4.78, 5) is 12.8. The van der Waals surface area contributed by atoms with Gasteiger partial charge in [-0.15, -0.1) is 5.10 Å². The predicted octanol–water partition coefficient (Wildman–Crippen LogP) is 3.82. The fourth-order valence-electron chi connectivity index (χ4n) is 3.22. The van der Waals surface area contributed by atoms with E-state index in [1.165, 1.54) is 16.4 Å². The number of sulfonamides is 1. The van der Waals surface area contributed by atoms with Crippen molar-refractivity contribution in [3.05, 3.63) is 64.4 Å². The van der Waals surface area contributed by atoms with Gasteiger partial charge in [0.1, 0.15) is 4.90 Å². The molecule has 3 rings (SSSR count). The molecule has 164 valence electrons. The molecule has 0 saturated heterocycles. The van der Waals surface area contributed by atoms with Crippen LogP contribution in [0, 0.1) is 13.8 Å². The molecule has 10 heteroatoms. The Morgan fingerprint density at radius 1 is 1.13 bits per heavy atom. The van der Waals surface area contributed by atoms with Gasteiger partial charge >= 0.3 is 0 Å². The van der Waals surface area contributed by atoms with Gasteiger partial charge in [-0.1, -0.05) is 42.8 Å². The molecule has 0 spiro atoms. The summed E-state index contributed by atoms with van der Waals surface area (Å²) in [5, 5.41) is 10.9. The molecule has 0 radical (unpaired) electrons. The standard InChI is InChI=1S/C21H24ClN5O3S/c1-5-26(6-2)31(29,30)19-13-16(10-11-18(19)22)23-21(28)20-15(4)27(25-24-20)17-9-7-8-14(3)12-17/h7-13H,5-6H2,1-4H3,(H,23,28). The van der Waals surface area contributed by atoms with E-state index in [-0.39, 0.29) is 15.6 Å². The number of halogens is 1. The molecule has 0 aliphatic heterocycles. The topological polar surface area (TPSA) is 97.2 Å². The second kappa shape index (κ2) is 9.17. The van der Waals surface area contributed by atoms with E-state index in [4.69, 9.17) is 11.6 Å². The number of aryl methyl sites for hydroxylation is 1. The van der Waals surface area contributed by atoms with E-state index in [1.807, 2.05) is 31.2 Å². The molecule has 1 heterocycles. The third-order valence-corrected chi connectivity index (χ3v) is 7.40. The summed E-state index contributed by atoms with van der Waals surface area (Å²) in [7, 11) is -3.78. The van der Waals surface area contributed by atoms with E-state index in [9.17, 15) is 13.2 Å². The summed E-state index contributed by atoms with van der Waals surface area (Å²) in [5.41, 5.74) is 2.85. The highest BCUT2D eigenvalue weighted by molar-refractivity contribution is 7.89. The second-order valence-corrected chi connectivity index (χ2v) is 9.28. The molecule has 1 amide bonds. The largest absolute Gasteiger partial charge is 0.320 e. The Morgan fingerprint density at radius 3 is 2.48 bits per heavy atom. The van der Waals surface area contributed by atoms with Gasteiger partial charge in [-0.05, 0) is 49.7 Å². The summed E-state index contributed by atoms with van der Waals surface area (Å²) in [5.74, 6) is -0.495. The molecule has 0 saturated carbocycles. The van der Waals surface area contributed by atoms with Crippen LogP contribution in [-0.4, -0.2) is 46.7 Å². The van der Waals surface area contributed by atoms with Crippen molar-refractivity contribution in [3.63, 3.8) is 0 Å². The third-order valence-electron chi connectivity index (χ3n) is 4.87. The number of anilines is 1. The lowest BCUT2D eigenvalue weighted by Gasteiger charge is -2.19. The summed E-state index contributed by atoms with van der Waals surface area (Å²) in [6.07, 6.45) is 0. The van der Waals surface area contributed by atoms with Crippen LogP contribution in [0.25, 0.3) is 5.69 Å². The van der Waals surface area contributed by atoms with Crippen molar-refractivity contribution in [2.75, 3.05) is 18.4 Å². The smallest absolute Gasteiger partial charge is 0.278 e. The van der Waals surface area contributed by atoms with Crippen molar-refractivity contribution < 1.29 is 13.2 Å². The van der Waals surface area contributed by atoms with Crippen molar-refractivity contribution in [1.29, 1.82) is 0 Å². The van der Waals surface area contributed by atoms with E-state index in [1.54, 1.807) is 31.5 Å². The lowest BCUT2D eigenvalue weighted by molar-refractivity contribution is 0.102. The third kappa shape index (κ3) is 4.63. The van der Waals surface area contributed by atoms with Crippen LogP contribution in [0.2, 0.25) is 5.02 Å². The van der Waals surface area contributed by atoms with Gasteiger partial charge in [0, 0.05) is 18.8 Å². The Labute approximate surface area is 186 Å². The van der Waals surface area contributed by atoms with Crippen LogP contribution in [0.1, 0.15) is 35.6 Å². The zero-order chi connectivity index (χ0) is 22.8. The lowest BCUT2D eigenvalue weighted by atomic mass is 10.2. The average molecular weight is 462 g/mol. The molecule has 0 atom stereocenters. The molecule has 2 aromatic carbocycles. The van der Waals surface area contributed by atoms with Crippen molar-refractivity contribution in [3.8, 4) is 5.69 Å². The lowest BCUT2D eigenvalue weighted by Crippen LogP contribution is -2.30. The first kappa shape index (κ1) is 22.9. The molecule has 1 aromatic heterocycles. The zero-order valence-electron chi connectivity index (χ0n) is 17.8. The molecule has 31 heavy (non-hydrogen) atoms. The van der Waals surface area contributed by atoms with Crippen LogP contribution in [0.4, 0.5) is 5.69 Å². The minimum absolute atomic E-state index is 0.0594. The first-order valence-corrected chi connectivity index (χ1v) is 11.6. The Bertz CT molecular complexity index is 1220. The molecule has 0 aliphatic rings. The van der Waals surface area contributed by atoms with Gasteiger partial charge in [-0.2, -0.15) is 4.31 Å². The number of hydrogen-bond donors (Lipinski definition) is 1. The maximum absolute atomic E-state index is 12.9. The minimum atomic E-state index is -3.78. The normalized spacial score (nSPS) is 11.7. The number of hydrogen-bond acceptors (Lipinski definition) is 5. The van der Waals surface area contributed by atoms with Gasteiger partial charge in [0.25, 0.3) is 5.91 Å². The molecule has 0 unspecified atom stereocenters. The SMILES string of the molecule is CCN(CC)S(=O)(=O)c1cc(NC(=O)c2nnn(-c3cccc(C)c3)c2C)ccc1Cl. The highest BCUT2D eigenvalue weighted by Gasteiger charge is 2.25. The second-order valence-electron chi connectivity index (χ2n) is 6.96. The number of nitrogens with one attached hydrogen (secondary N) is 1. The number of carbonyl (C=O) groups is 1. The maximum Gasteiger partial charge on any atom is 0.278 e. The number of amides is 1. The monoisotopic (exact) mass is 461 g/mol. The minimum Gasteiger partial charge on any atom is -0.320 e. The Balaban J connectivity index is 1.90. The summed E-state index contributed by atoms with van der Waals surface area (Å²) >= 11 is 6.16. The summed E-state index contributed by atoms with van der Waals surface area (Å²) in [6.45, 7) is 7.84. The maximum atomic E-state index is 12.9. The molecule has 8 nitrogen and oxygen atoms in total. The summed E-state index contributed by atoms with van der Waals surface area (Å²) < 4.78 is 28.6. The Hall–Kier alpha value is -2.75. The van der Waals surface area contributed by atoms with Gasteiger partial charge in [0.2, 0.25) is 10.0 Å². The molecule has 3 aromatic rings. The zero-order valence-corrected chi connectivity index (χ0v) is 19.3. The van der Waals surface area contributed by atoms with Gasteiger partial charge < -0.3 is 5.32 Å². The van der Waals surface area contributed by atoms with Crippen molar-refractivity contribution in [1.82, 2.24) is 19.3 Å². The van der Waals surface area contributed by atoms with Crippen LogP contribution in [0.15, 0.2) is 47.4 Å². The van der Waals surface area contributed by atoms with Crippen LogP contribution < -0.4 is 5.32 Å². The van der Waals surface area contributed by atoms with Crippen LogP contribution in [0.5, 0.6) is 0 Å². The average Bonchev–Trinajstić information content (AvgIpc) is 3.11. The first-order chi connectivity index (χ1) is 14.7. The number of nitrogens with zero attached hydrogens (tertiary/aromatic N) is 4. The van der Waals surface area contributed by atoms with Crippen molar-refractivity contribution in [2.45, 2.75) is 32.6 Å². The van der Waals surface area contributed by atoms with E-state index in [2.05, 4.69) is 15.6 Å². The van der Waals surface area contributed by atoms with Gasteiger partial charge in [-0.25, -0.2) is 13.1 Å². The quantitative estimate of drug-likeness (QED) is 0.576. The molecular weight excluding hydrogens is 438 g/mol. The predicted molar refractivity (Wildman–Crippen MR) is 120 cm³/mol. The fraction of sp³-hybridized carbons (Fsp3) is 0.286. The van der Waals surface area contributed by atoms with Crippen LogP contribution >= 0.6 is 11.6 Å².